The van der Waals surface area contributed by atoms with Gasteiger partial charge in [-0.2, -0.15) is 0 Å². The molecule has 0 saturated carbocycles. The lowest BCUT2D eigenvalue weighted by molar-refractivity contribution is 0.189. The number of hydrogen-bond donors (Lipinski definition) is 1. The van der Waals surface area contributed by atoms with Crippen molar-refractivity contribution < 1.29 is 0 Å². The summed E-state index contributed by atoms with van der Waals surface area (Å²) in [6.45, 7) is 13.0. The van der Waals surface area contributed by atoms with Crippen LogP contribution in [0.4, 0.5) is 0 Å². The molecule has 1 saturated heterocycles. The van der Waals surface area contributed by atoms with E-state index < -0.39 is 0 Å². The summed E-state index contributed by atoms with van der Waals surface area (Å²) in [7, 11) is 2.04. The lowest BCUT2D eigenvalue weighted by atomic mass is 10.2. The van der Waals surface area contributed by atoms with Gasteiger partial charge in [-0.25, -0.2) is 0 Å². The molecule has 1 rings (SSSR count). The summed E-state index contributed by atoms with van der Waals surface area (Å²) in [6, 6.07) is 1.53. The average molecular weight is 227 g/mol. The van der Waals surface area contributed by atoms with Crippen LogP contribution < -0.4 is 5.32 Å². The molecule has 1 fully saturated rings. The summed E-state index contributed by atoms with van der Waals surface area (Å²) in [5.41, 5.74) is 0. The number of hydrogen-bond acceptors (Lipinski definition) is 3. The highest BCUT2D eigenvalue weighted by Gasteiger charge is 2.28. The van der Waals surface area contributed by atoms with E-state index in [9.17, 15) is 0 Å². The minimum absolute atomic E-state index is 0.730. The molecule has 0 aromatic heterocycles. The van der Waals surface area contributed by atoms with E-state index in [1.54, 1.807) is 0 Å². The van der Waals surface area contributed by atoms with E-state index in [2.05, 4.69) is 35.9 Å². The standard InChI is InChI=1S/C13H29N3/c1-5-15(6-2)13-8-10-16(11-13)12(3)7-9-14-4/h12-14H,5-11H2,1-4H3. The first kappa shape index (κ1) is 13.9. The van der Waals surface area contributed by atoms with E-state index in [0.717, 1.165) is 18.6 Å². The molecule has 3 nitrogen and oxygen atoms in total. The maximum absolute atomic E-state index is 3.24. The summed E-state index contributed by atoms with van der Waals surface area (Å²) in [4.78, 5) is 5.26. The summed E-state index contributed by atoms with van der Waals surface area (Å²) in [6.07, 6.45) is 2.62. The van der Waals surface area contributed by atoms with Gasteiger partial charge in [0.1, 0.15) is 0 Å². The van der Waals surface area contributed by atoms with Gasteiger partial charge in [0.15, 0.2) is 0 Å². The Morgan fingerprint density at radius 1 is 1.38 bits per heavy atom. The minimum Gasteiger partial charge on any atom is -0.320 e. The topological polar surface area (TPSA) is 18.5 Å². The van der Waals surface area contributed by atoms with Crippen LogP contribution in [0.3, 0.4) is 0 Å². The van der Waals surface area contributed by atoms with Crippen molar-refractivity contribution in [1.82, 2.24) is 15.1 Å². The summed E-state index contributed by atoms with van der Waals surface area (Å²) in [5, 5.41) is 3.24. The maximum atomic E-state index is 3.24. The van der Waals surface area contributed by atoms with Gasteiger partial charge in [-0.15, -0.1) is 0 Å². The summed E-state index contributed by atoms with van der Waals surface area (Å²) < 4.78 is 0. The lowest BCUT2D eigenvalue weighted by Gasteiger charge is -2.28. The van der Waals surface area contributed by atoms with Gasteiger partial charge < -0.3 is 5.32 Å². The highest BCUT2D eigenvalue weighted by atomic mass is 15.3. The molecule has 16 heavy (non-hydrogen) atoms. The van der Waals surface area contributed by atoms with Gasteiger partial charge in [-0.3, -0.25) is 9.80 Å². The monoisotopic (exact) mass is 227 g/mol. The molecule has 1 heterocycles. The highest BCUT2D eigenvalue weighted by molar-refractivity contribution is 4.85. The Labute approximate surface area is 101 Å². The smallest absolute Gasteiger partial charge is 0.0235 e. The van der Waals surface area contributed by atoms with Crippen LogP contribution in [0.5, 0.6) is 0 Å². The zero-order chi connectivity index (χ0) is 12.0. The molecule has 0 bridgehead atoms. The zero-order valence-corrected chi connectivity index (χ0v) is 11.5. The van der Waals surface area contributed by atoms with E-state index in [4.69, 9.17) is 0 Å². The molecule has 2 atom stereocenters. The van der Waals surface area contributed by atoms with Crippen molar-refractivity contribution in [1.29, 1.82) is 0 Å². The van der Waals surface area contributed by atoms with Gasteiger partial charge in [0, 0.05) is 25.2 Å². The Morgan fingerprint density at radius 2 is 2.06 bits per heavy atom. The second-order valence-electron chi connectivity index (χ2n) is 4.90. The van der Waals surface area contributed by atoms with Gasteiger partial charge in [-0.05, 0) is 46.4 Å². The third-order valence-corrected chi connectivity index (χ3v) is 3.96. The third-order valence-electron chi connectivity index (χ3n) is 3.96. The SMILES string of the molecule is CCN(CC)C1CCN(C(C)CCNC)C1. The maximum Gasteiger partial charge on any atom is 0.0235 e. The first-order valence-electron chi connectivity index (χ1n) is 6.85. The highest BCUT2D eigenvalue weighted by Crippen LogP contribution is 2.18. The van der Waals surface area contributed by atoms with Crippen molar-refractivity contribution >= 4 is 0 Å². The zero-order valence-electron chi connectivity index (χ0n) is 11.5. The number of rotatable bonds is 7. The van der Waals surface area contributed by atoms with Crippen molar-refractivity contribution in [2.45, 2.75) is 45.7 Å². The van der Waals surface area contributed by atoms with Gasteiger partial charge in [-0.1, -0.05) is 13.8 Å². The molecule has 0 aliphatic carbocycles. The van der Waals surface area contributed by atoms with Gasteiger partial charge in [0.05, 0.1) is 0 Å². The fourth-order valence-electron chi connectivity index (χ4n) is 2.74. The minimum atomic E-state index is 0.730. The second kappa shape index (κ2) is 7.25. The molecule has 1 N–H and O–H groups in total. The van der Waals surface area contributed by atoms with Crippen molar-refractivity contribution in [3.05, 3.63) is 0 Å². The molecule has 1 aliphatic rings. The van der Waals surface area contributed by atoms with Gasteiger partial charge in [0.2, 0.25) is 0 Å². The van der Waals surface area contributed by atoms with E-state index in [1.807, 2.05) is 7.05 Å². The Bertz CT molecular complexity index is 180. The van der Waals surface area contributed by atoms with Crippen LogP contribution in [-0.4, -0.2) is 61.7 Å². The molecule has 1 aliphatic heterocycles. The van der Waals surface area contributed by atoms with Gasteiger partial charge in [0.25, 0.3) is 0 Å². The van der Waals surface area contributed by atoms with Crippen LogP contribution in [-0.2, 0) is 0 Å². The summed E-state index contributed by atoms with van der Waals surface area (Å²) in [5.74, 6) is 0. The quantitative estimate of drug-likeness (QED) is 0.709. The number of likely N-dealkylation sites (tertiary alicyclic amines) is 1. The molecule has 0 radical (unpaired) electrons. The summed E-state index contributed by atoms with van der Waals surface area (Å²) >= 11 is 0. The van der Waals surface area contributed by atoms with Gasteiger partial charge >= 0.3 is 0 Å². The normalized spacial score (nSPS) is 24.2. The molecule has 0 spiro atoms. The first-order chi connectivity index (χ1) is 7.72. The first-order valence-corrected chi connectivity index (χ1v) is 6.85. The molecular formula is C13H29N3. The van der Waals surface area contributed by atoms with Crippen LogP contribution in [0, 0.1) is 0 Å². The fourth-order valence-corrected chi connectivity index (χ4v) is 2.74. The van der Waals surface area contributed by atoms with Crippen LogP contribution >= 0.6 is 0 Å². The molecular weight excluding hydrogens is 198 g/mol. The molecule has 0 amide bonds. The number of nitrogens with zero attached hydrogens (tertiary/aromatic N) is 2. The van der Waals surface area contributed by atoms with E-state index in [0.29, 0.717) is 0 Å². The van der Waals surface area contributed by atoms with E-state index >= 15 is 0 Å². The molecule has 0 aromatic rings. The number of likely N-dealkylation sites (N-methyl/N-ethyl adjacent to an activating group) is 1. The van der Waals surface area contributed by atoms with Crippen LogP contribution in [0.2, 0.25) is 0 Å². The van der Waals surface area contributed by atoms with Crippen LogP contribution in [0.1, 0.15) is 33.6 Å². The predicted molar refractivity (Wildman–Crippen MR) is 70.9 cm³/mol. The average Bonchev–Trinajstić information content (AvgIpc) is 2.77. The molecule has 0 aromatic carbocycles. The Balaban J connectivity index is 2.33. The second-order valence-corrected chi connectivity index (χ2v) is 4.90. The molecule has 2 unspecified atom stereocenters. The molecule has 96 valence electrons. The Kier molecular flexibility index (Phi) is 6.32. The Hall–Kier alpha value is -0.120. The van der Waals surface area contributed by atoms with Crippen molar-refractivity contribution in [2.24, 2.45) is 0 Å². The van der Waals surface area contributed by atoms with Crippen molar-refractivity contribution in [3.8, 4) is 0 Å². The van der Waals surface area contributed by atoms with Crippen LogP contribution in [0.15, 0.2) is 0 Å². The van der Waals surface area contributed by atoms with Crippen molar-refractivity contribution in [2.75, 3.05) is 39.8 Å². The third kappa shape index (κ3) is 3.72. The van der Waals surface area contributed by atoms with Crippen LogP contribution in [0.25, 0.3) is 0 Å². The predicted octanol–water partition coefficient (Wildman–Crippen LogP) is 1.40. The largest absolute Gasteiger partial charge is 0.320 e. The number of nitrogens with one attached hydrogen (secondary N) is 1. The lowest BCUT2D eigenvalue weighted by Crippen LogP contribution is -2.39. The Morgan fingerprint density at radius 3 is 2.62 bits per heavy atom. The van der Waals surface area contributed by atoms with E-state index in [1.165, 1.54) is 39.0 Å². The van der Waals surface area contributed by atoms with E-state index in [-0.39, 0.29) is 0 Å². The fraction of sp³-hybridized carbons (Fsp3) is 1.00. The van der Waals surface area contributed by atoms with Crippen molar-refractivity contribution in [3.63, 3.8) is 0 Å². The molecule has 3 heteroatoms.